The summed E-state index contributed by atoms with van der Waals surface area (Å²) in [5.74, 6) is -0.588. The molecule has 2 aromatic carbocycles. The Bertz CT molecular complexity index is 1530. The third-order valence-electron chi connectivity index (χ3n) is 5.73. The van der Waals surface area contributed by atoms with Gasteiger partial charge in [-0.25, -0.2) is 9.59 Å². The molecule has 4 N–H and O–H groups in total. The molecule has 0 aliphatic carbocycles. The summed E-state index contributed by atoms with van der Waals surface area (Å²) in [7, 11) is 2.92. The van der Waals surface area contributed by atoms with Gasteiger partial charge in [-0.3, -0.25) is 15.4 Å². The zero-order valence-electron chi connectivity index (χ0n) is 21.5. The predicted molar refractivity (Wildman–Crippen MR) is 145 cm³/mol. The minimum absolute atomic E-state index is 0.0240. The molecule has 0 saturated heterocycles. The summed E-state index contributed by atoms with van der Waals surface area (Å²) in [6, 6.07) is 13.1. The van der Waals surface area contributed by atoms with Crippen LogP contribution in [0.3, 0.4) is 0 Å². The van der Waals surface area contributed by atoms with Crippen LogP contribution < -0.4 is 16.0 Å². The van der Waals surface area contributed by atoms with Crippen LogP contribution >= 0.6 is 11.6 Å². The van der Waals surface area contributed by atoms with Gasteiger partial charge in [0.2, 0.25) is 5.91 Å². The van der Waals surface area contributed by atoms with Crippen LogP contribution in [0.25, 0.3) is 23.0 Å². The summed E-state index contributed by atoms with van der Waals surface area (Å²) in [6.45, 7) is 0. The quantitative estimate of drug-likeness (QED) is 0.258. The van der Waals surface area contributed by atoms with Gasteiger partial charge in [0.1, 0.15) is 6.33 Å². The molecule has 2 heterocycles. The van der Waals surface area contributed by atoms with E-state index >= 15 is 0 Å². The van der Waals surface area contributed by atoms with Gasteiger partial charge in [-0.05, 0) is 58.5 Å². The number of nitrogens with one attached hydrogen (secondary N) is 2. The Hall–Kier alpha value is -5.01. The van der Waals surface area contributed by atoms with E-state index in [4.69, 9.17) is 11.6 Å². The van der Waals surface area contributed by atoms with Gasteiger partial charge in [0.05, 0.1) is 44.2 Å². The molecular weight excluding hydrogens is 538 g/mol. The average molecular weight is 563 g/mol. The summed E-state index contributed by atoms with van der Waals surface area (Å²) in [5, 5.41) is 26.8. The number of methoxy groups -OCH3 is 1. The minimum atomic E-state index is -0.672. The van der Waals surface area contributed by atoms with Crippen LogP contribution in [0.1, 0.15) is 23.6 Å². The number of carbonyl (C=O) groups is 3. The summed E-state index contributed by atoms with van der Waals surface area (Å²) in [4.78, 5) is 36.7. The molecule has 13 nitrogen and oxygen atoms in total. The van der Waals surface area contributed by atoms with Crippen LogP contribution in [0.2, 0.25) is 5.02 Å². The first-order valence-corrected chi connectivity index (χ1v) is 12.4. The number of carbonyl (C=O) groups excluding carboxylic acids is 3. The first-order valence-electron chi connectivity index (χ1n) is 12.0. The van der Waals surface area contributed by atoms with E-state index in [2.05, 4.69) is 41.1 Å². The zero-order chi connectivity index (χ0) is 28.5. The molecule has 0 radical (unpaired) electrons. The molecule has 14 heteroatoms. The Morgan fingerprint density at radius 1 is 1.12 bits per heavy atom. The molecule has 0 spiro atoms. The number of nitrogens with two attached hydrogens (primary N) is 1. The fraction of sp³-hybridized carbons (Fsp3) is 0.154. The second-order valence-electron chi connectivity index (χ2n) is 8.38. The van der Waals surface area contributed by atoms with E-state index in [-0.39, 0.29) is 12.3 Å². The van der Waals surface area contributed by atoms with Gasteiger partial charge in [-0.1, -0.05) is 23.7 Å². The molecule has 4 rings (SSSR count). The normalized spacial score (nSPS) is 11.7. The standard InChI is InChI=1S/C26H24ClN9O4/c1-28-25(38)13-21(18-12-22(33-29-14-18)16-3-7-20(8-4-16)31-26(39)40-2)32-24(37)10-5-17-11-19(27)6-9-23(17)36-15-30-34-35-36/h3-12,14-15,21H,13H2,1-2H3,(H,28,38)(H,31,39)(H,32,37)/p+1. The highest BCUT2D eigenvalue weighted by Gasteiger charge is 2.21. The number of hydrogen-bond donors (Lipinski definition) is 3. The Morgan fingerprint density at radius 2 is 1.93 bits per heavy atom. The molecule has 3 amide bonds. The molecule has 0 bridgehead atoms. The Labute approximate surface area is 233 Å². The zero-order valence-corrected chi connectivity index (χ0v) is 22.2. The van der Waals surface area contributed by atoms with Crippen molar-refractivity contribution in [1.82, 2.24) is 35.7 Å². The average Bonchev–Trinajstić information content (AvgIpc) is 3.51. The smallest absolute Gasteiger partial charge is 0.411 e. The van der Waals surface area contributed by atoms with Gasteiger partial charge >= 0.3 is 12.0 Å². The molecule has 0 fully saturated rings. The van der Waals surface area contributed by atoms with Crippen molar-refractivity contribution in [3.8, 4) is 16.9 Å². The number of quaternary nitrogens is 1. The molecule has 0 aliphatic heterocycles. The summed E-state index contributed by atoms with van der Waals surface area (Å²) in [5.41, 5.74) is 3.62. The summed E-state index contributed by atoms with van der Waals surface area (Å²) < 4.78 is 6.05. The lowest BCUT2D eigenvalue weighted by atomic mass is 10.0. The number of halogens is 1. The van der Waals surface area contributed by atoms with E-state index in [0.29, 0.717) is 33.2 Å². The van der Waals surface area contributed by atoms with Crippen LogP contribution in [0.15, 0.2) is 67.1 Å². The molecular formula is C26H25ClN9O4+. The minimum Gasteiger partial charge on any atom is -0.453 e. The molecule has 204 valence electrons. The van der Waals surface area contributed by atoms with E-state index in [1.807, 2.05) is 0 Å². The van der Waals surface area contributed by atoms with Gasteiger partial charge in [-0.2, -0.15) is 14.9 Å². The lowest BCUT2D eigenvalue weighted by Crippen LogP contribution is -2.84. The van der Waals surface area contributed by atoms with Crippen molar-refractivity contribution in [2.24, 2.45) is 0 Å². The van der Waals surface area contributed by atoms with Crippen molar-refractivity contribution >= 4 is 41.3 Å². The van der Waals surface area contributed by atoms with Crippen LogP contribution in [0, 0.1) is 0 Å². The maximum atomic E-state index is 13.0. The van der Waals surface area contributed by atoms with E-state index in [0.717, 1.165) is 5.56 Å². The monoisotopic (exact) mass is 562 g/mol. The second-order valence-corrected chi connectivity index (χ2v) is 8.82. The fourth-order valence-electron chi connectivity index (χ4n) is 3.70. The van der Waals surface area contributed by atoms with Gasteiger partial charge in [0.15, 0.2) is 0 Å². The number of aromatic nitrogens is 6. The van der Waals surface area contributed by atoms with Crippen LogP contribution in [-0.4, -0.2) is 62.5 Å². The van der Waals surface area contributed by atoms with Gasteiger partial charge in [0, 0.05) is 27.9 Å². The van der Waals surface area contributed by atoms with E-state index in [9.17, 15) is 14.4 Å². The van der Waals surface area contributed by atoms with E-state index in [1.54, 1.807) is 61.7 Å². The molecule has 1 unspecified atom stereocenters. The van der Waals surface area contributed by atoms with Crippen LogP contribution in [0.5, 0.6) is 0 Å². The third kappa shape index (κ3) is 7.30. The molecule has 40 heavy (non-hydrogen) atoms. The van der Waals surface area contributed by atoms with Gasteiger partial charge in [0.25, 0.3) is 0 Å². The number of hydrogen-bond acceptors (Lipinski definition) is 9. The van der Waals surface area contributed by atoms with Crippen molar-refractivity contribution in [3.63, 3.8) is 0 Å². The Balaban J connectivity index is 1.55. The Morgan fingerprint density at radius 3 is 2.62 bits per heavy atom. The largest absolute Gasteiger partial charge is 0.453 e. The Kier molecular flexibility index (Phi) is 9.23. The van der Waals surface area contributed by atoms with Crippen molar-refractivity contribution in [2.75, 3.05) is 19.5 Å². The summed E-state index contributed by atoms with van der Waals surface area (Å²) in [6.07, 6.45) is 5.30. The van der Waals surface area contributed by atoms with Crippen LogP contribution in [0.4, 0.5) is 10.5 Å². The van der Waals surface area contributed by atoms with Crippen molar-refractivity contribution in [3.05, 3.63) is 83.3 Å². The number of anilines is 1. The van der Waals surface area contributed by atoms with E-state index < -0.39 is 18.0 Å². The highest BCUT2D eigenvalue weighted by Crippen LogP contribution is 2.24. The second kappa shape index (κ2) is 13.2. The molecule has 0 saturated carbocycles. The molecule has 2 aromatic heterocycles. The number of benzene rings is 2. The maximum Gasteiger partial charge on any atom is 0.411 e. The van der Waals surface area contributed by atoms with Crippen molar-refractivity contribution in [1.29, 1.82) is 0 Å². The number of nitrogens with zero attached hydrogens (tertiary/aromatic N) is 6. The topological polar surface area (TPSA) is 170 Å². The number of amides is 3. The van der Waals surface area contributed by atoms with Crippen molar-refractivity contribution in [2.45, 2.75) is 12.5 Å². The van der Waals surface area contributed by atoms with E-state index in [1.165, 1.54) is 35.7 Å². The first-order chi connectivity index (χ1) is 19.4. The van der Waals surface area contributed by atoms with Gasteiger partial charge in [-0.15, -0.1) is 5.10 Å². The summed E-state index contributed by atoms with van der Waals surface area (Å²) >= 11 is 6.16. The SMILES string of the molecule is C[NH2+]C(=O)CC(NC(=O)C=Cc1cc(Cl)ccc1-n1cnnn1)c1cnnc(-c2ccc(NC(=O)OC)cc2)c1. The lowest BCUT2D eigenvalue weighted by molar-refractivity contribution is -0.539. The van der Waals surface area contributed by atoms with Crippen LogP contribution in [-0.2, 0) is 14.3 Å². The maximum absolute atomic E-state index is 13.0. The molecule has 4 aromatic rings. The highest BCUT2D eigenvalue weighted by atomic mass is 35.5. The molecule has 0 aliphatic rings. The van der Waals surface area contributed by atoms with Gasteiger partial charge < -0.3 is 10.1 Å². The number of rotatable bonds is 9. The first kappa shape index (κ1) is 28.0. The lowest BCUT2D eigenvalue weighted by Gasteiger charge is -2.17. The molecule has 1 atom stereocenters. The predicted octanol–water partition coefficient (Wildman–Crippen LogP) is 1.93. The fourth-order valence-corrected chi connectivity index (χ4v) is 3.88. The number of tetrazole rings is 1. The highest BCUT2D eigenvalue weighted by molar-refractivity contribution is 6.30. The third-order valence-corrected chi connectivity index (χ3v) is 5.97. The number of ether oxygens (including phenoxy) is 1. The van der Waals surface area contributed by atoms with Crippen molar-refractivity contribution < 1.29 is 24.4 Å². The number of primary amides is 1.